The second-order valence-corrected chi connectivity index (χ2v) is 5.79. The number of halogens is 2. The van der Waals surface area contributed by atoms with Crippen molar-refractivity contribution >= 4 is 16.9 Å². The van der Waals surface area contributed by atoms with Crippen molar-refractivity contribution in [3.8, 4) is 0 Å². The Morgan fingerprint density at radius 1 is 1.21 bits per heavy atom. The van der Waals surface area contributed by atoms with E-state index in [4.69, 9.17) is 0 Å². The van der Waals surface area contributed by atoms with Crippen molar-refractivity contribution in [2.75, 3.05) is 11.4 Å². The normalized spacial score (nSPS) is 17.6. The first-order valence-corrected chi connectivity index (χ1v) is 7.69. The molecular formula is C17H14F2N4O. The summed E-state index contributed by atoms with van der Waals surface area (Å²) in [5.41, 5.74) is 0.722. The first kappa shape index (κ1) is 14.7. The largest absolute Gasteiger partial charge is 0.349 e. The van der Waals surface area contributed by atoms with Crippen molar-refractivity contribution in [3.63, 3.8) is 0 Å². The lowest BCUT2D eigenvalue weighted by atomic mass is 10.0. The summed E-state index contributed by atoms with van der Waals surface area (Å²) in [4.78, 5) is 24.8. The lowest BCUT2D eigenvalue weighted by Gasteiger charge is -2.26. The number of aromatic nitrogens is 3. The van der Waals surface area contributed by atoms with E-state index in [0.29, 0.717) is 29.9 Å². The average molecular weight is 328 g/mol. The van der Waals surface area contributed by atoms with E-state index in [1.165, 1.54) is 12.4 Å². The molecule has 1 atom stereocenters. The molecule has 0 aliphatic carbocycles. The molecule has 1 aromatic carbocycles. The number of rotatable bonds is 2. The van der Waals surface area contributed by atoms with Crippen LogP contribution in [0.1, 0.15) is 24.4 Å². The van der Waals surface area contributed by atoms with Crippen molar-refractivity contribution < 1.29 is 8.78 Å². The highest BCUT2D eigenvalue weighted by Gasteiger charge is 2.29. The number of nitrogens with zero attached hydrogens (tertiary/aromatic N) is 3. The molecule has 0 spiro atoms. The van der Waals surface area contributed by atoms with Crippen molar-refractivity contribution in [2.24, 2.45) is 0 Å². The Labute approximate surface area is 136 Å². The van der Waals surface area contributed by atoms with Gasteiger partial charge in [-0.25, -0.2) is 18.7 Å². The molecule has 4 rings (SSSR count). The second kappa shape index (κ2) is 5.67. The molecule has 0 radical (unpaired) electrons. The number of anilines is 1. The predicted molar refractivity (Wildman–Crippen MR) is 85.8 cm³/mol. The van der Waals surface area contributed by atoms with E-state index in [1.807, 2.05) is 4.90 Å². The summed E-state index contributed by atoms with van der Waals surface area (Å²) < 4.78 is 27.7. The molecule has 2 aromatic heterocycles. The van der Waals surface area contributed by atoms with Crippen LogP contribution in [0.25, 0.3) is 11.0 Å². The van der Waals surface area contributed by atoms with Gasteiger partial charge in [0.1, 0.15) is 17.5 Å². The standard InChI is InChI=1S/C17H14F2N4O/c18-10-3-4-12(19)11(8-10)14-2-1-7-23(14)15-6-5-13-16(22-15)17(24)21-9-20-13/h3-6,8-9,14H,1-2,7H2,(H,20,21,24). The molecule has 1 N–H and O–H groups in total. The van der Waals surface area contributed by atoms with Crippen LogP contribution in [0.3, 0.4) is 0 Å². The molecule has 0 saturated carbocycles. The molecule has 122 valence electrons. The zero-order valence-electron chi connectivity index (χ0n) is 12.7. The maximum atomic E-state index is 14.1. The van der Waals surface area contributed by atoms with Gasteiger partial charge in [0.25, 0.3) is 5.56 Å². The van der Waals surface area contributed by atoms with Crippen molar-refractivity contribution in [1.29, 1.82) is 0 Å². The summed E-state index contributed by atoms with van der Waals surface area (Å²) in [5.74, 6) is -0.342. The third-order valence-electron chi connectivity index (χ3n) is 4.34. The number of hydrogen-bond acceptors (Lipinski definition) is 4. The fraction of sp³-hybridized carbons (Fsp3) is 0.235. The van der Waals surface area contributed by atoms with Gasteiger partial charge in [-0.15, -0.1) is 0 Å². The maximum Gasteiger partial charge on any atom is 0.277 e. The number of nitrogens with one attached hydrogen (secondary N) is 1. The van der Waals surface area contributed by atoms with Gasteiger partial charge < -0.3 is 9.88 Å². The number of hydrogen-bond donors (Lipinski definition) is 1. The highest BCUT2D eigenvalue weighted by atomic mass is 19.1. The summed E-state index contributed by atoms with van der Waals surface area (Å²) in [6, 6.07) is 6.64. The van der Waals surface area contributed by atoms with Crippen LogP contribution in [0.2, 0.25) is 0 Å². The highest BCUT2D eigenvalue weighted by Crippen LogP contribution is 2.36. The fourth-order valence-electron chi connectivity index (χ4n) is 3.24. The monoisotopic (exact) mass is 328 g/mol. The molecule has 1 unspecified atom stereocenters. The summed E-state index contributed by atoms with van der Waals surface area (Å²) in [5, 5.41) is 0. The van der Waals surface area contributed by atoms with Gasteiger partial charge in [-0.05, 0) is 43.2 Å². The number of aromatic amines is 1. The van der Waals surface area contributed by atoms with E-state index >= 15 is 0 Å². The van der Waals surface area contributed by atoms with Crippen LogP contribution in [0.15, 0.2) is 41.5 Å². The van der Waals surface area contributed by atoms with Crippen LogP contribution in [0, 0.1) is 11.6 Å². The minimum Gasteiger partial charge on any atom is -0.349 e. The zero-order valence-corrected chi connectivity index (χ0v) is 12.7. The molecule has 5 nitrogen and oxygen atoms in total. The molecule has 0 amide bonds. The number of fused-ring (bicyclic) bond motifs is 1. The van der Waals surface area contributed by atoms with Crippen LogP contribution in [-0.2, 0) is 0 Å². The number of H-pyrrole nitrogens is 1. The average Bonchev–Trinajstić information content (AvgIpc) is 3.06. The Kier molecular flexibility index (Phi) is 3.48. The van der Waals surface area contributed by atoms with E-state index in [1.54, 1.807) is 12.1 Å². The van der Waals surface area contributed by atoms with E-state index in [-0.39, 0.29) is 17.1 Å². The predicted octanol–water partition coefficient (Wildman–Crippen LogP) is 2.94. The lowest BCUT2D eigenvalue weighted by Crippen LogP contribution is -2.25. The maximum absolute atomic E-state index is 14.1. The van der Waals surface area contributed by atoms with E-state index in [2.05, 4.69) is 15.0 Å². The van der Waals surface area contributed by atoms with Gasteiger partial charge in [0, 0.05) is 12.1 Å². The Morgan fingerprint density at radius 2 is 2.08 bits per heavy atom. The Bertz CT molecular complexity index is 972. The lowest BCUT2D eigenvalue weighted by molar-refractivity contribution is 0.560. The summed E-state index contributed by atoms with van der Waals surface area (Å²) in [6.45, 7) is 0.664. The van der Waals surface area contributed by atoms with Gasteiger partial charge in [0.2, 0.25) is 0 Å². The van der Waals surface area contributed by atoms with Gasteiger partial charge in [0.15, 0.2) is 5.52 Å². The van der Waals surface area contributed by atoms with Crippen LogP contribution < -0.4 is 10.5 Å². The molecule has 1 fully saturated rings. The third kappa shape index (κ3) is 2.42. The van der Waals surface area contributed by atoms with Crippen LogP contribution in [0.4, 0.5) is 14.6 Å². The third-order valence-corrected chi connectivity index (χ3v) is 4.34. The van der Waals surface area contributed by atoms with Crippen molar-refractivity contribution in [2.45, 2.75) is 18.9 Å². The summed E-state index contributed by atoms with van der Waals surface area (Å²) >= 11 is 0. The molecule has 1 aliphatic heterocycles. The molecule has 3 aromatic rings. The molecule has 7 heteroatoms. The first-order valence-electron chi connectivity index (χ1n) is 7.69. The minimum atomic E-state index is -0.467. The quantitative estimate of drug-likeness (QED) is 0.786. The van der Waals surface area contributed by atoms with Gasteiger partial charge in [0.05, 0.1) is 17.9 Å². The van der Waals surface area contributed by atoms with E-state index < -0.39 is 11.6 Å². The van der Waals surface area contributed by atoms with Crippen LogP contribution >= 0.6 is 0 Å². The summed E-state index contributed by atoms with van der Waals surface area (Å²) in [6.07, 6.45) is 2.86. The summed E-state index contributed by atoms with van der Waals surface area (Å²) in [7, 11) is 0. The Hall–Kier alpha value is -2.83. The van der Waals surface area contributed by atoms with Crippen LogP contribution in [-0.4, -0.2) is 21.5 Å². The van der Waals surface area contributed by atoms with Gasteiger partial charge in [-0.2, -0.15) is 0 Å². The minimum absolute atomic E-state index is 0.236. The fourth-order valence-corrected chi connectivity index (χ4v) is 3.24. The second-order valence-electron chi connectivity index (χ2n) is 5.79. The molecule has 1 saturated heterocycles. The topological polar surface area (TPSA) is 61.9 Å². The molecule has 24 heavy (non-hydrogen) atoms. The van der Waals surface area contributed by atoms with Gasteiger partial charge in [-0.3, -0.25) is 4.79 Å². The number of benzene rings is 1. The van der Waals surface area contributed by atoms with E-state index in [9.17, 15) is 13.6 Å². The molecule has 3 heterocycles. The highest BCUT2D eigenvalue weighted by molar-refractivity contribution is 5.75. The number of pyridine rings is 1. The Morgan fingerprint density at radius 3 is 2.96 bits per heavy atom. The Balaban J connectivity index is 1.79. The molecule has 0 bridgehead atoms. The van der Waals surface area contributed by atoms with Crippen LogP contribution in [0.5, 0.6) is 0 Å². The van der Waals surface area contributed by atoms with Gasteiger partial charge in [-0.1, -0.05) is 0 Å². The molecular weight excluding hydrogens is 314 g/mol. The van der Waals surface area contributed by atoms with E-state index in [0.717, 1.165) is 18.6 Å². The first-order chi connectivity index (χ1) is 11.6. The smallest absolute Gasteiger partial charge is 0.277 e. The molecule has 1 aliphatic rings. The zero-order chi connectivity index (χ0) is 16.7. The van der Waals surface area contributed by atoms with Crippen molar-refractivity contribution in [1.82, 2.24) is 15.0 Å². The SMILES string of the molecule is O=c1[nH]cnc2ccc(N3CCCC3c3cc(F)ccc3F)nc12. The van der Waals surface area contributed by atoms with Crippen molar-refractivity contribution in [3.05, 3.63) is 64.2 Å². The van der Waals surface area contributed by atoms with Gasteiger partial charge >= 0.3 is 0 Å².